The van der Waals surface area contributed by atoms with Gasteiger partial charge in [0.15, 0.2) is 0 Å². The SMILES string of the molecule is CC1(C)CCCC(CN)(CC(=O)O)CC1. The molecule has 0 aromatic carbocycles. The summed E-state index contributed by atoms with van der Waals surface area (Å²) < 4.78 is 0. The summed E-state index contributed by atoms with van der Waals surface area (Å²) in [6, 6.07) is 0. The Hall–Kier alpha value is -0.570. The van der Waals surface area contributed by atoms with E-state index in [1.54, 1.807) is 0 Å². The average Bonchev–Trinajstić information content (AvgIpc) is 2.26. The molecule has 0 aromatic heterocycles. The molecule has 0 aliphatic heterocycles. The molecule has 1 saturated carbocycles. The minimum atomic E-state index is -0.708. The lowest BCUT2D eigenvalue weighted by Crippen LogP contribution is -2.32. The highest BCUT2D eigenvalue weighted by atomic mass is 16.4. The van der Waals surface area contributed by atoms with E-state index in [0.29, 0.717) is 12.0 Å². The van der Waals surface area contributed by atoms with Gasteiger partial charge in [-0.05, 0) is 43.1 Å². The molecule has 88 valence electrons. The molecular weight excluding hydrogens is 190 g/mol. The van der Waals surface area contributed by atoms with E-state index in [4.69, 9.17) is 10.8 Å². The Bertz CT molecular complexity index is 238. The number of carbonyl (C=O) groups is 1. The fourth-order valence-corrected chi connectivity index (χ4v) is 2.57. The molecule has 1 unspecified atom stereocenters. The maximum Gasteiger partial charge on any atom is 0.303 e. The summed E-state index contributed by atoms with van der Waals surface area (Å²) in [6.07, 6.45) is 5.56. The van der Waals surface area contributed by atoms with Crippen molar-refractivity contribution in [2.75, 3.05) is 6.54 Å². The van der Waals surface area contributed by atoms with Crippen LogP contribution in [0.2, 0.25) is 0 Å². The van der Waals surface area contributed by atoms with Crippen LogP contribution in [0.5, 0.6) is 0 Å². The van der Waals surface area contributed by atoms with Crippen molar-refractivity contribution in [3.05, 3.63) is 0 Å². The molecule has 0 saturated heterocycles. The molecule has 3 nitrogen and oxygen atoms in total. The third-order valence-corrected chi connectivity index (χ3v) is 3.85. The van der Waals surface area contributed by atoms with Crippen LogP contribution in [-0.2, 0) is 4.79 Å². The van der Waals surface area contributed by atoms with Crippen molar-refractivity contribution in [1.29, 1.82) is 0 Å². The highest BCUT2D eigenvalue weighted by molar-refractivity contribution is 5.67. The van der Waals surface area contributed by atoms with Crippen LogP contribution in [0, 0.1) is 10.8 Å². The molecule has 3 N–H and O–H groups in total. The van der Waals surface area contributed by atoms with Gasteiger partial charge in [-0.3, -0.25) is 4.79 Å². The number of aliphatic carboxylic acids is 1. The van der Waals surface area contributed by atoms with Crippen LogP contribution in [0.3, 0.4) is 0 Å². The van der Waals surface area contributed by atoms with E-state index in [1.165, 1.54) is 6.42 Å². The second kappa shape index (κ2) is 4.52. The predicted octanol–water partition coefficient (Wildman–Crippen LogP) is 2.40. The smallest absolute Gasteiger partial charge is 0.303 e. The van der Waals surface area contributed by atoms with E-state index < -0.39 is 5.97 Å². The number of nitrogens with two attached hydrogens (primary N) is 1. The maximum atomic E-state index is 10.8. The van der Waals surface area contributed by atoms with Crippen LogP contribution in [0.25, 0.3) is 0 Å². The van der Waals surface area contributed by atoms with Gasteiger partial charge in [-0.25, -0.2) is 0 Å². The van der Waals surface area contributed by atoms with Gasteiger partial charge < -0.3 is 10.8 Å². The highest BCUT2D eigenvalue weighted by Gasteiger charge is 2.36. The van der Waals surface area contributed by atoms with E-state index in [-0.39, 0.29) is 11.8 Å². The zero-order chi connectivity index (χ0) is 11.5. The van der Waals surface area contributed by atoms with Crippen molar-refractivity contribution in [2.24, 2.45) is 16.6 Å². The Morgan fingerprint density at radius 1 is 1.27 bits per heavy atom. The summed E-state index contributed by atoms with van der Waals surface area (Å²) >= 11 is 0. The zero-order valence-electron chi connectivity index (χ0n) is 9.88. The highest BCUT2D eigenvalue weighted by Crippen LogP contribution is 2.43. The molecule has 15 heavy (non-hydrogen) atoms. The number of hydrogen-bond acceptors (Lipinski definition) is 2. The molecular formula is C12H23NO2. The van der Waals surface area contributed by atoms with Crippen LogP contribution in [0.4, 0.5) is 0 Å². The third kappa shape index (κ3) is 3.49. The minimum Gasteiger partial charge on any atom is -0.481 e. The van der Waals surface area contributed by atoms with E-state index >= 15 is 0 Å². The van der Waals surface area contributed by atoms with Crippen molar-refractivity contribution in [1.82, 2.24) is 0 Å². The molecule has 0 spiro atoms. The van der Waals surface area contributed by atoms with Crippen molar-refractivity contribution in [2.45, 2.75) is 52.4 Å². The zero-order valence-corrected chi connectivity index (χ0v) is 9.88. The first-order chi connectivity index (χ1) is 6.89. The van der Waals surface area contributed by atoms with Gasteiger partial charge in [0.1, 0.15) is 0 Å². The third-order valence-electron chi connectivity index (χ3n) is 3.85. The summed E-state index contributed by atoms with van der Waals surface area (Å²) in [5.41, 5.74) is 6.00. The molecule has 1 aliphatic carbocycles. The normalized spacial score (nSPS) is 30.9. The summed E-state index contributed by atoms with van der Waals surface area (Å²) in [5, 5.41) is 8.93. The first-order valence-corrected chi connectivity index (χ1v) is 5.81. The molecule has 1 aliphatic rings. The monoisotopic (exact) mass is 213 g/mol. The number of carboxylic acids is 1. The quantitative estimate of drug-likeness (QED) is 0.707. The van der Waals surface area contributed by atoms with Crippen LogP contribution in [0.1, 0.15) is 52.4 Å². The van der Waals surface area contributed by atoms with Crippen molar-refractivity contribution < 1.29 is 9.90 Å². The standard InChI is InChI=1S/C12H23NO2/c1-11(2)4-3-5-12(9-13,7-6-11)8-10(14)15/h3-9,13H2,1-2H3,(H,14,15). The van der Waals surface area contributed by atoms with E-state index in [2.05, 4.69) is 13.8 Å². The minimum absolute atomic E-state index is 0.139. The van der Waals surface area contributed by atoms with Crippen LogP contribution < -0.4 is 5.73 Å². The molecule has 0 aromatic rings. The van der Waals surface area contributed by atoms with E-state index in [0.717, 1.165) is 25.7 Å². The molecule has 1 atom stereocenters. The molecule has 1 fully saturated rings. The van der Waals surface area contributed by atoms with Crippen LogP contribution in [0.15, 0.2) is 0 Å². The van der Waals surface area contributed by atoms with Gasteiger partial charge in [-0.15, -0.1) is 0 Å². The Kier molecular flexibility index (Phi) is 3.77. The van der Waals surface area contributed by atoms with Gasteiger partial charge in [0.05, 0.1) is 6.42 Å². The Labute approximate surface area is 92.0 Å². The Morgan fingerprint density at radius 2 is 1.93 bits per heavy atom. The molecule has 0 heterocycles. The first-order valence-electron chi connectivity index (χ1n) is 5.81. The maximum absolute atomic E-state index is 10.8. The molecule has 3 heteroatoms. The first kappa shape index (κ1) is 12.5. The molecule has 1 rings (SSSR count). The summed E-state index contributed by atoms with van der Waals surface area (Å²) in [5.74, 6) is -0.708. The fourth-order valence-electron chi connectivity index (χ4n) is 2.57. The van der Waals surface area contributed by atoms with Crippen LogP contribution in [-0.4, -0.2) is 17.6 Å². The average molecular weight is 213 g/mol. The topological polar surface area (TPSA) is 63.3 Å². The summed E-state index contributed by atoms with van der Waals surface area (Å²) in [4.78, 5) is 10.8. The van der Waals surface area contributed by atoms with Crippen LogP contribution >= 0.6 is 0 Å². The Morgan fingerprint density at radius 3 is 2.47 bits per heavy atom. The molecule has 0 radical (unpaired) electrons. The lowest BCUT2D eigenvalue weighted by molar-refractivity contribution is -0.139. The second-order valence-corrected chi connectivity index (χ2v) is 5.79. The second-order valence-electron chi connectivity index (χ2n) is 5.79. The van der Waals surface area contributed by atoms with Gasteiger partial charge in [0, 0.05) is 0 Å². The van der Waals surface area contributed by atoms with Gasteiger partial charge in [-0.2, -0.15) is 0 Å². The van der Waals surface area contributed by atoms with Gasteiger partial charge >= 0.3 is 5.97 Å². The van der Waals surface area contributed by atoms with Gasteiger partial charge in [0.2, 0.25) is 0 Å². The van der Waals surface area contributed by atoms with Crippen molar-refractivity contribution in [3.63, 3.8) is 0 Å². The van der Waals surface area contributed by atoms with E-state index in [9.17, 15) is 4.79 Å². The van der Waals surface area contributed by atoms with Crippen molar-refractivity contribution in [3.8, 4) is 0 Å². The summed E-state index contributed by atoms with van der Waals surface area (Å²) in [7, 11) is 0. The largest absolute Gasteiger partial charge is 0.481 e. The van der Waals surface area contributed by atoms with Crippen molar-refractivity contribution >= 4 is 5.97 Å². The van der Waals surface area contributed by atoms with E-state index in [1.807, 2.05) is 0 Å². The predicted molar refractivity (Wildman–Crippen MR) is 60.6 cm³/mol. The molecule has 0 amide bonds. The Balaban J connectivity index is 2.70. The van der Waals surface area contributed by atoms with Gasteiger partial charge in [-0.1, -0.05) is 20.3 Å². The number of hydrogen-bond donors (Lipinski definition) is 2. The fraction of sp³-hybridized carbons (Fsp3) is 0.917. The number of rotatable bonds is 3. The lowest BCUT2D eigenvalue weighted by atomic mass is 9.76. The molecule has 0 bridgehead atoms. The van der Waals surface area contributed by atoms with Gasteiger partial charge in [0.25, 0.3) is 0 Å². The summed E-state index contributed by atoms with van der Waals surface area (Å²) in [6.45, 7) is 5.04. The lowest BCUT2D eigenvalue weighted by Gasteiger charge is -2.30. The number of carboxylic acid groups (broad SMARTS) is 1.